The largest absolute Gasteiger partial charge is 0.403 e. The Morgan fingerprint density at radius 2 is 1.15 bits per heavy atom. The second-order valence-corrected chi connectivity index (χ2v) is 12.2. The van der Waals surface area contributed by atoms with E-state index < -0.39 is 8.32 Å². The zero-order valence-electron chi connectivity index (χ0n) is 16.4. The summed E-state index contributed by atoms with van der Waals surface area (Å²) >= 11 is 0. The molecular weight excluding hydrogens is 348 g/mol. The Hall–Kier alpha value is -2.20. The maximum atomic E-state index is 9.70. The zero-order valence-corrected chi connectivity index (χ0v) is 17.4. The minimum absolute atomic E-state index is 0.0281. The molecule has 0 unspecified atom stereocenters. The van der Waals surface area contributed by atoms with Gasteiger partial charge in [0.25, 0.3) is 8.32 Å². The van der Waals surface area contributed by atoms with Crippen molar-refractivity contribution in [1.82, 2.24) is 0 Å². The molecule has 1 N–H and O–H groups in total. The van der Waals surface area contributed by atoms with Gasteiger partial charge in [-0.15, -0.1) is 0 Å². The smallest absolute Gasteiger partial charge is 0.261 e. The molecule has 0 bridgehead atoms. The summed E-state index contributed by atoms with van der Waals surface area (Å²) < 4.78 is 6.92. The van der Waals surface area contributed by atoms with E-state index in [1.807, 2.05) is 24.3 Å². The molecule has 0 aliphatic rings. The highest BCUT2D eigenvalue weighted by Crippen LogP contribution is 2.37. The van der Waals surface area contributed by atoms with Gasteiger partial charge in [-0.05, 0) is 26.5 Å². The van der Waals surface area contributed by atoms with Crippen molar-refractivity contribution in [3.63, 3.8) is 0 Å². The Labute approximate surface area is 163 Å². The van der Waals surface area contributed by atoms with Crippen LogP contribution in [0, 0.1) is 0 Å². The molecule has 0 saturated carbocycles. The van der Waals surface area contributed by atoms with Crippen molar-refractivity contribution >= 4 is 18.7 Å². The molecule has 0 spiro atoms. The van der Waals surface area contributed by atoms with E-state index in [0.717, 1.165) is 11.1 Å². The van der Waals surface area contributed by atoms with E-state index in [0.29, 0.717) is 6.61 Å². The van der Waals surface area contributed by atoms with Gasteiger partial charge in [0.15, 0.2) is 0 Å². The summed E-state index contributed by atoms with van der Waals surface area (Å²) in [6.07, 6.45) is 0. The number of hydrogen-bond donors (Lipinski definition) is 1. The molecule has 3 aromatic carbocycles. The predicted molar refractivity (Wildman–Crippen MR) is 115 cm³/mol. The normalized spacial score (nSPS) is 12.1. The Balaban J connectivity index is 2.12. The number of hydrogen-bond acceptors (Lipinski definition) is 2. The highest BCUT2D eigenvalue weighted by atomic mass is 28.4. The second-order valence-electron chi connectivity index (χ2n) is 7.88. The summed E-state index contributed by atoms with van der Waals surface area (Å²) in [5, 5.41) is 12.2. The number of rotatable bonds is 6. The third kappa shape index (κ3) is 3.91. The summed E-state index contributed by atoms with van der Waals surface area (Å²) in [6.45, 7) is 7.34. The molecule has 0 heterocycles. The Morgan fingerprint density at radius 3 is 1.59 bits per heavy atom. The molecular formula is C24H28O2Si. The van der Waals surface area contributed by atoms with Gasteiger partial charge < -0.3 is 9.53 Å². The van der Waals surface area contributed by atoms with Gasteiger partial charge in [-0.25, -0.2) is 0 Å². The molecule has 0 radical (unpaired) electrons. The standard InChI is InChI=1S/C24H28O2Si/c1-24(2,3)27(22-14-6-4-7-15-22,23-16-8-5-9-17-23)26-19-21-13-11-10-12-20(21)18-25/h4-17,25H,18-19H2,1-3H3. The fourth-order valence-corrected chi connectivity index (χ4v) is 8.33. The zero-order chi connectivity index (χ0) is 19.3. The third-order valence-corrected chi connectivity index (χ3v) is 10.1. The molecule has 3 heteroatoms. The molecule has 2 nitrogen and oxygen atoms in total. The Kier molecular flexibility index (Phi) is 5.95. The molecule has 0 aromatic heterocycles. The minimum Gasteiger partial charge on any atom is -0.403 e. The lowest BCUT2D eigenvalue weighted by molar-refractivity contribution is 0.263. The van der Waals surface area contributed by atoms with Crippen molar-refractivity contribution in [2.24, 2.45) is 0 Å². The fourth-order valence-electron chi connectivity index (χ4n) is 3.80. The van der Waals surface area contributed by atoms with E-state index in [2.05, 4.69) is 81.4 Å². The van der Waals surface area contributed by atoms with Crippen LogP contribution in [-0.2, 0) is 17.6 Å². The molecule has 140 valence electrons. The first-order valence-corrected chi connectivity index (χ1v) is 11.3. The lowest BCUT2D eigenvalue weighted by atomic mass is 10.1. The summed E-state index contributed by atoms with van der Waals surface area (Å²) in [5.41, 5.74) is 1.98. The van der Waals surface area contributed by atoms with Gasteiger partial charge in [-0.2, -0.15) is 0 Å². The molecule has 0 aliphatic heterocycles. The van der Waals surface area contributed by atoms with E-state index in [-0.39, 0.29) is 11.6 Å². The van der Waals surface area contributed by atoms with Crippen molar-refractivity contribution in [2.45, 2.75) is 39.0 Å². The van der Waals surface area contributed by atoms with Crippen molar-refractivity contribution in [2.75, 3.05) is 0 Å². The van der Waals surface area contributed by atoms with Crippen LogP contribution in [0.25, 0.3) is 0 Å². The van der Waals surface area contributed by atoms with Crippen LogP contribution in [0.1, 0.15) is 31.9 Å². The molecule has 27 heavy (non-hydrogen) atoms. The van der Waals surface area contributed by atoms with Crippen molar-refractivity contribution in [3.8, 4) is 0 Å². The summed E-state index contributed by atoms with van der Waals surface area (Å²) in [4.78, 5) is 0. The van der Waals surface area contributed by atoms with E-state index in [1.165, 1.54) is 10.4 Å². The van der Waals surface area contributed by atoms with Crippen molar-refractivity contribution in [3.05, 3.63) is 96.1 Å². The van der Waals surface area contributed by atoms with Crippen molar-refractivity contribution in [1.29, 1.82) is 0 Å². The van der Waals surface area contributed by atoms with Gasteiger partial charge in [-0.1, -0.05) is 106 Å². The predicted octanol–water partition coefficient (Wildman–Crippen LogP) is 4.26. The molecule has 3 aromatic rings. The minimum atomic E-state index is -2.55. The van der Waals surface area contributed by atoms with E-state index >= 15 is 0 Å². The van der Waals surface area contributed by atoms with E-state index in [1.54, 1.807) is 0 Å². The second kappa shape index (κ2) is 8.22. The quantitative estimate of drug-likeness (QED) is 0.652. The maximum absolute atomic E-state index is 9.70. The van der Waals surface area contributed by atoms with Gasteiger partial charge in [0, 0.05) is 0 Å². The highest BCUT2D eigenvalue weighted by Gasteiger charge is 2.50. The molecule has 3 rings (SSSR count). The van der Waals surface area contributed by atoms with Crippen LogP contribution in [0.3, 0.4) is 0 Å². The van der Waals surface area contributed by atoms with Crippen molar-refractivity contribution < 1.29 is 9.53 Å². The summed E-state index contributed by atoms with van der Waals surface area (Å²) in [6, 6.07) is 29.2. The third-order valence-electron chi connectivity index (χ3n) is 5.15. The topological polar surface area (TPSA) is 29.5 Å². The number of aliphatic hydroxyl groups excluding tert-OH is 1. The van der Waals surface area contributed by atoms with Crippen LogP contribution < -0.4 is 10.4 Å². The number of benzene rings is 3. The monoisotopic (exact) mass is 376 g/mol. The van der Waals surface area contributed by atoms with E-state index in [9.17, 15) is 5.11 Å². The first-order chi connectivity index (χ1) is 13.0. The average molecular weight is 377 g/mol. The van der Waals surface area contributed by atoms with Crippen LogP contribution in [0.2, 0.25) is 5.04 Å². The average Bonchev–Trinajstić information content (AvgIpc) is 2.69. The van der Waals surface area contributed by atoms with Gasteiger partial charge in [0.2, 0.25) is 0 Å². The molecule has 0 aliphatic carbocycles. The lowest BCUT2D eigenvalue weighted by Gasteiger charge is -2.43. The SMILES string of the molecule is CC(C)(C)[Si](OCc1ccccc1CO)(c1ccccc1)c1ccccc1. The number of aliphatic hydroxyl groups is 1. The Morgan fingerprint density at radius 1 is 0.704 bits per heavy atom. The molecule has 0 saturated heterocycles. The van der Waals surface area contributed by atoms with Gasteiger partial charge >= 0.3 is 0 Å². The van der Waals surface area contributed by atoms with E-state index in [4.69, 9.17) is 4.43 Å². The van der Waals surface area contributed by atoms with Crippen LogP contribution in [0.4, 0.5) is 0 Å². The molecule has 0 amide bonds. The van der Waals surface area contributed by atoms with Gasteiger partial charge in [0.05, 0.1) is 13.2 Å². The summed E-state index contributed by atoms with van der Waals surface area (Å²) in [5.74, 6) is 0. The summed E-state index contributed by atoms with van der Waals surface area (Å²) in [7, 11) is -2.55. The highest BCUT2D eigenvalue weighted by molar-refractivity contribution is 6.99. The fraction of sp³-hybridized carbons (Fsp3) is 0.250. The van der Waals surface area contributed by atoms with Crippen LogP contribution in [0.5, 0.6) is 0 Å². The van der Waals surface area contributed by atoms with Crippen LogP contribution >= 0.6 is 0 Å². The lowest BCUT2D eigenvalue weighted by Crippen LogP contribution is -2.66. The molecule has 0 fully saturated rings. The van der Waals surface area contributed by atoms with Crippen LogP contribution in [-0.4, -0.2) is 13.4 Å². The molecule has 0 atom stereocenters. The van der Waals surface area contributed by atoms with Gasteiger partial charge in [-0.3, -0.25) is 0 Å². The van der Waals surface area contributed by atoms with Gasteiger partial charge in [0.1, 0.15) is 0 Å². The van der Waals surface area contributed by atoms with Crippen LogP contribution in [0.15, 0.2) is 84.9 Å². The maximum Gasteiger partial charge on any atom is 0.261 e. The first-order valence-electron chi connectivity index (χ1n) is 9.41. The first kappa shape index (κ1) is 19.6. The Bertz CT molecular complexity index is 815.